The lowest BCUT2D eigenvalue weighted by molar-refractivity contribution is -0.124. The van der Waals surface area contributed by atoms with E-state index in [0.717, 1.165) is 4.88 Å². The van der Waals surface area contributed by atoms with Crippen molar-refractivity contribution in [1.29, 1.82) is 0 Å². The number of nitrogens with one attached hydrogen (secondary N) is 1. The highest BCUT2D eigenvalue weighted by molar-refractivity contribution is 9.10. The summed E-state index contributed by atoms with van der Waals surface area (Å²) in [5.74, 6) is -0.986. The Labute approximate surface area is 140 Å². The second kappa shape index (κ2) is 7.42. The second-order valence-electron chi connectivity index (χ2n) is 4.61. The second-order valence-corrected chi connectivity index (χ2v) is 6.51. The highest BCUT2D eigenvalue weighted by Gasteiger charge is 2.15. The normalized spacial score (nSPS) is 11.7. The Morgan fingerprint density at radius 1 is 1.41 bits per heavy atom. The molecule has 1 heterocycles. The van der Waals surface area contributed by atoms with Crippen LogP contribution < -0.4 is 11.1 Å². The number of carbonyl (C=O) groups excluding carboxylic acids is 2. The molecule has 0 aliphatic heterocycles. The number of nitrogens with two attached hydrogens (primary N) is 1. The van der Waals surface area contributed by atoms with Gasteiger partial charge in [-0.2, -0.15) is 0 Å². The molecule has 2 aromatic rings. The lowest BCUT2D eigenvalue weighted by atomic mass is 10.2. The number of anilines is 1. The minimum Gasteiger partial charge on any atom is -0.452 e. The van der Waals surface area contributed by atoms with Gasteiger partial charge >= 0.3 is 5.97 Å². The summed E-state index contributed by atoms with van der Waals surface area (Å²) in [5, 5.41) is 4.71. The minimum absolute atomic E-state index is 0.123. The zero-order chi connectivity index (χ0) is 16.1. The van der Waals surface area contributed by atoms with Crippen molar-refractivity contribution in [3.8, 4) is 0 Å². The lowest BCUT2D eigenvalue weighted by Gasteiger charge is -2.12. The molecule has 0 spiro atoms. The van der Waals surface area contributed by atoms with Gasteiger partial charge in [0.15, 0.2) is 6.61 Å². The van der Waals surface area contributed by atoms with Gasteiger partial charge in [-0.1, -0.05) is 22.0 Å². The van der Waals surface area contributed by atoms with Crippen molar-refractivity contribution in [3.05, 3.63) is 50.6 Å². The molecule has 22 heavy (non-hydrogen) atoms. The standard InChI is InChI=1S/C15H15BrN2O3S/c1-9(13-3-2-6-22-13)18-14(19)8-21-15(20)11-7-10(16)4-5-12(11)17/h2-7,9H,8,17H2,1H3,(H,18,19)/t9-/m0/s1. The van der Waals surface area contributed by atoms with Crippen LogP contribution in [0.1, 0.15) is 28.2 Å². The van der Waals surface area contributed by atoms with Gasteiger partial charge in [-0.25, -0.2) is 4.79 Å². The number of hydrogen-bond acceptors (Lipinski definition) is 5. The van der Waals surface area contributed by atoms with Crippen molar-refractivity contribution in [2.24, 2.45) is 0 Å². The largest absolute Gasteiger partial charge is 0.452 e. The number of benzene rings is 1. The van der Waals surface area contributed by atoms with Crippen molar-refractivity contribution in [1.82, 2.24) is 5.32 Å². The van der Waals surface area contributed by atoms with Gasteiger partial charge in [0.25, 0.3) is 5.91 Å². The van der Waals surface area contributed by atoms with E-state index in [1.165, 1.54) is 0 Å². The van der Waals surface area contributed by atoms with Crippen LogP contribution >= 0.6 is 27.3 Å². The van der Waals surface area contributed by atoms with Crippen molar-refractivity contribution in [2.45, 2.75) is 13.0 Å². The fourth-order valence-electron chi connectivity index (χ4n) is 1.81. The van der Waals surface area contributed by atoms with Gasteiger partial charge in [0.2, 0.25) is 0 Å². The summed E-state index contributed by atoms with van der Waals surface area (Å²) in [5.41, 5.74) is 6.26. The van der Waals surface area contributed by atoms with Gasteiger partial charge in [0.05, 0.1) is 11.6 Å². The molecule has 1 aromatic heterocycles. The molecular formula is C15H15BrN2O3S. The maximum Gasteiger partial charge on any atom is 0.340 e. The van der Waals surface area contributed by atoms with Crippen molar-refractivity contribution < 1.29 is 14.3 Å². The average Bonchev–Trinajstić information content (AvgIpc) is 3.01. The Balaban J connectivity index is 1.88. The number of ether oxygens (including phenoxy) is 1. The van der Waals surface area contributed by atoms with Crippen LogP contribution in [0.15, 0.2) is 40.2 Å². The molecule has 0 bridgehead atoms. The monoisotopic (exact) mass is 382 g/mol. The molecule has 0 radical (unpaired) electrons. The van der Waals surface area contributed by atoms with E-state index in [1.54, 1.807) is 29.5 Å². The SMILES string of the molecule is C[C@H](NC(=O)COC(=O)c1cc(Br)ccc1N)c1cccs1. The molecule has 1 amide bonds. The van der Waals surface area contributed by atoms with Gasteiger partial charge in [-0.3, -0.25) is 4.79 Å². The molecule has 0 saturated carbocycles. The fourth-order valence-corrected chi connectivity index (χ4v) is 2.90. The highest BCUT2D eigenvalue weighted by atomic mass is 79.9. The molecule has 2 rings (SSSR count). The molecule has 1 atom stereocenters. The zero-order valence-corrected chi connectivity index (χ0v) is 14.2. The summed E-state index contributed by atoms with van der Waals surface area (Å²) in [6, 6.07) is 8.61. The fraction of sp³-hybridized carbons (Fsp3) is 0.200. The number of hydrogen-bond donors (Lipinski definition) is 2. The van der Waals surface area contributed by atoms with E-state index in [2.05, 4.69) is 21.2 Å². The Kier molecular flexibility index (Phi) is 5.57. The first-order valence-corrected chi connectivity index (χ1v) is 8.19. The van der Waals surface area contributed by atoms with Gasteiger partial charge < -0.3 is 15.8 Å². The number of rotatable bonds is 5. The van der Waals surface area contributed by atoms with E-state index >= 15 is 0 Å². The number of carbonyl (C=O) groups is 2. The summed E-state index contributed by atoms with van der Waals surface area (Å²) in [4.78, 5) is 24.8. The molecule has 0 aliphatic carbocycles. The lowest BCUT2D eigenvalue weighted by Crippen LogP contribution is -2.30. The third kappa shape index (κ3) is 4.32. The molecular weight excluding hydrogens is 368 g/mol. The zero-order valence-electron chi connectivity index (χ0n) is 11.8. The van der Waals surface area contributed by atoms with Crippen molar-refractivity contribution in [2.75, 3.05) is 12.3 Å². The Morgan fingerprint density at radius 3 is 2.86 bits per heavy atom. The third-order valence-electron chi connectivity index (χ3n) is 2.92. The molecule has 116 valence electrons. The molecule has 0 aliphatic rings. The van der Waals surface area contributed by atoms with E-state index in [9.17, 15) is 9.59 Å². The number of nitrogen functional groups attached to an aromatic ring is 1. The van der Waals surface area contributed by atoms with Gasteiger partial charge in [-0.15, -0.1) is 11.3 Å². The summed E-state index contributed by atoms with van der Waals surface area (Å²) < 4.78 is 5.71. The smallest absolute Gasteiger partial charge is 0.340 e. The van der Waals surface area contributed by atoms with Crippen LogP contribution in [-0.2, 0) is 9.53 Å². The first kappa shape index (κ1) is 16.5. The summed E-state index contributed by atoms with van der Waals surface area (Å²) in [7, 11) is 0. The molecule has 0 fully saturated rings. The summed E-state index contributed by atoms with van der Waals surface area (Å²) in [6.45, 7) is 1.53. The van der Waals surface area contributed by atoms with E-state index in [1.807, 2.05) is 24.4 Å². The average molecular weight is 383 g/mol. The molecule has 0 unspecified atom stereocenters. The number of amides is 1. The van der Waals surface area contributed by atoms with Gasteiger partial charge in [0, 0.05) is 15.0 Å². The first-order valence-electron chi connectivity index (χ1n) is 6.52. The van der Waals surface area contributed by atoms with Crippen LogP contribution in [0.25, 0.3) is 0 Å². The Morgan fingerprint density at radius 2 is 2.18 bits per heavy atom. The minimum atomic E-state index is -0.627. The maximum absolute atomic E-state index is 11.9. The van der Waals surface area contributed by atoms with Crippen molar-refractivity contribution in [3.63, 3.8) is 0 Å². The quantitative estimate of drug-likeness (QED) is 0.614. The predicted molar refractivity (Wildman–Crippen MR) is 89.7 cm³/mol. The maximum atomic E-state index is 11.9. The molecule has 3 N–H and O–H groups in total. The van der Waals surface area contributed by atoms with Crippen LogP contribution in [0.2, 0.25) is 0 Å². The number of thiophene rings is 1. The van der Waals surface area contributed by atoms with Crippen molar-refractivity contribution >= 4 is 44.8 Å². The van der Waals surface area contributed by atoms with Crippen LogP contribution in [0, 0.1) is 0 Å². The van der Waals surface area contributed by atoms with E-state index < -0.39 is 5.97 Å². The first-order chi connectivity index (χ1) is 10.5. The van der Waals surface area contributed by atoms with Crippen LogP contribution in [-0.4, -0.2) is 18.5 Å². The predicted octanol–water partition coefficient (Wildman–Crippen LogP) is 3.13. The van der Waals surface area contributed by atoms with Gasteiger partial charge in [0.1, 0.15) is 0 Å². The van der Waals surface area contributed by atoms with Gasteiger partial charge in [-0.05, 0) is 36.6 Å². The van der Waals surface area contributed by atoms with E-state index in [4.69, 9.17) is 10.5 Å². The van der Waals surface area contributed by atoms with Crippen LogP contribution in [0.3, 0.4) is 0 Å². The molecule has 5 nitrogen and oxygen atoms in total. The Bertz CT molecular complexity index is 673. The highest BCUT2D eigenvalue weighted by Crippen LogP contribution is 2.20. The molecule has 1 aromatic carbocycles. The topological polar surface area (TPSA) is 81.4 Å². The summed E-state index contributed by atoms with van der Waals surface area (Å²) in [6.07, 6.45) is 0. The molecule has 0 saturated heterocycles. The van der Waals surface area contributed by atoms with E-state index in [0.29, 0.717) is 10.2 Å². The summed E-state index contributed by atoms with van der Waals surface area (Å²) >= 11 is 4.81. The van der Waals surface area contributed by atoms with E-state index in [-0.39, 0.29) is 24.1 Å². The third-order valence-corrected chi connectivity index (χ3v) is 4.47. The molecule has 7 heteroatoms. The van der Waals surface area contributed by atoms with Crippen LogP contribution in [0.4, 0.5) is 5.69 Å². The Hall–Kier alpha value is -1.86. The van der Waals surface area contributed by atoms with Crippen LogP contribution in [0.5, 0.6) is 0 Å². The number of esters is 1. The number of halogens is 1.